The molecule has 0 fully saturated rings. The maximum atomic E-state index is 12.2. The summed E-state index contributed by atoms with van der Waals surface area (Å²) in [6.45, 7) is 0. The fourth-order valence-corrected chi connectivity index (χ4v) is 2.79. The number of aromatic hydroxyl groups is 1. The normalized spacial score (nSPS) is 10.8. The fourth-order valence-electron chi connectivity index (χ4n) is 2.03. The van der Waals surface area contributed by atoms with E-state index in [1.165, 1.54) is 18.2 Å². The van der Waals surface area contributed by atoms with Crippen LogP contribution in [0.1, 0.15) is 5.56 Å². The number of nitrogens with zero attached hydrogens (tertiary/aromatic N) is 2. The minimum absolute atomic E-state index is 0.00687. The van der Waals surface area contributed by atoms with E-state index < -0.39 is 5.91 Å². The van der Waals surface area contributed by atoms with Gasteiger partial charge in [-0.25, -0.2) is 0 Å². The lowest BCUT2D eigenvalue weighted by Crippen LogP contribution is -2.13. The van der Waals surface area contributed by atoms with E-state index in [2.05, 4.69) is 21.2 Å². The Labute approximate surface area is 149 Å². The Hall–Kier alpha value is -2.78. The molecule has 0 bridgehead atoms. The minimum Gasteiger partial charge on any atom is -0.508 e. The number of halogens is 1. The first kappa shape index (κ1) is 17.6. The lowest BCUT2D eigenvalue weighted by Gasteiger charge is -2.14. The molecule has 2 aromatic carbocycles. The van der Waals surface area contributed by atoms with Crippen molar-refractivity contribution in [1.82, 2.24) is 0 Å². The van der Waals surface area contributed by atoms with Crippen LogP contribution in [0.2, 0.25) is 0 Å². The number of amides is 1. The van der Waals surface area contributed by atoms with E-state index in [-0.39, 0.29) is 11.3 Å². The monoisotopic (exact) mass is 385 g/mol. The van der Waals surface area contributed by atoms with E-state index in [1.807, 2.05) is 43.3 Å². The van der Waals surface area contributed by atoms with Crippen LogP contribution >= 0.6 is 15.9 Å². The average Bonchev–Trinajstić information content (AvgIpc) is 2.54. The first-order valence-corrected chi connectivity index (χ1v) is 7.89. The molecule has 0 unspecified atom stereocenters. The highest BCUT2D eigenvalue weighted by molar-refractivity contribution is 9.10. The van der Waals surface area contributed by atoms with Crippen molar-refractivity contribution in [3.63, 3.8) is 0 Å². The maximum Gasteiger partial charge on any atom is 0.266 e. The number of hydrogen-bond donors (Lipinski definition) is 2. The van der Waals surface area contributed by atoms with Crippen molar-refractivity contribution in [3.05, 3.63) is 58.1 Å². The number of carbonyl (C=O) groups excluding carboxylic acids is 1. The molecular weight excluding hydrogens is 370 g/mol. The van der Waals surface area contributed by atoms with Crippen molar-refractivity contribution in [2.24, 2.45) is 0 Å². The van der Waals surface area contributed by atoms with Gasteiger partial charge in [0, 0.05) is 24.3 Å². The van der Waals surface area contributed by atoms with E-state index in [9.17, 15) is 15.2 Å². The predicted molar refractivity (Wildman–Crippen MR) is 98.8 cm³/mol. The zero-order chi connectivity index (χ0) is 17.7. The van der Waals surface area contributed by atoms with Gasteiger partial charge in [0.1, 0.15) is 17.4 Å². The van der Waals surface area contributed by atoms with Crippen LogP contribution in [0, 0.1) is 11.3 Å². The summed E-state index contributed by atoms with van der Waals surface area (Å²) in [6, 6.07) is 13.5. The molecule has 0 heterocycles. The van der Waals surface area contributed by atoms with Crippen LogP contribution in [0.4, 0.5) is 11.4 Å². The number of nitrogens with one attached hydrogen (secondary N) is 1. The van der Waals surface area contributed by atoms with Crippen molar-refractivity contribution < 1.29 is 9.90 Å². The standard InChI is InChI=1S/C18H16BrN3O2/c1-22(2)17-8-3-12(10-16(17)19)9-13(11-20)18(24)21-14-4-6-15(23)7-5-14/h3-10,23H,1-2H3,(H,21,24). The highest BCUT2D eigenvalue weighted by Gasteiger charge is 2.10. The molecule has 2 rings (SSSR count). The molecule has 1 amide bonds. The second kappa shape index (κ2) is 7.66. The summed E-state index contributed by atoms with van der Waals surface area (Å²) in [5.41, 5.74) is 2.24. The number of nitriles is 1. The third-order valence-electron chi connectivity index (χ3n) is 3.25. The molecule has 0 atom stereocenters. The predicted octanol–water partition coefficient (Wildman–Crippen LogP) is 3.77. The van der Waals surface area contributed by atoms with Gasteiger partial charge >= 0.3 is 0 Å². The van der Waals surface area contributed by atoms with Gasteiger partial charge in [-0.15, -0.1) is 0 Å². The van der Waals surface area contributed by atoms with Crippen LogP contribution < -0.4 is 10.2 Å². The third-order valence-corrected chi connectivity index (χ3v) is 3.89. The van der Waals surface area contributed by atoms with Crippen molar-refractivity contribution in [2.75, 3.05) is 24.3 Å². The lowest BCUT2D eigenvalue weighted by atomic mass is 10.1. The second-order valence-electron chi connectivity index (χ2n) is 5.28. The molecule has 122 valence electrons. The Balaban J connectivity index is 2.22. The molecule has 0 aliphatic carbocycles. The van der Waals surface area contributed by atoms with Gasteiger partial charge in [-0.1, -0.05) is 6.07 Å². The molecule has 0 aromatic heterocycles. The van der Waals surface area contributed by atoms with Gasteiger partial charge in [0.25, 0.3) is 5.91 Å². The Morgan fingerprint density at radius 1 is 1.25 bits per heavy atom. The average molecular weight is 386 g/mol. The highest BCUT2D eigenvalue weighted by Crippen LogP contribution is 2.26. The molecule has 0 spiro atoms. The van der Waals surface area contributed by atoms with Gasteiger partial charge < -0.3 is 15.3 Å². The summed E-state index contributed by atoms with van der Waals surface area (Å²) in [4.78, 5) is 14.2. The second-order valence-corrected chi connectivity index (χ2v) is 6.13. The number of anilines is 2. The van der Waals surface area contributed by atoms with Gasteiger partial charge in [-0.3, -0.25) is 4.79 Å². The van der Waals surface area contributed by atoms with Crippen LogP contribution in [-0.2, 0) is 4.79 Å². The molecule has 6 heteroatoms. The fraction of sp³-hybridized carbons (Fsp3) is 0.111. The van der Waals surface area contributed by atoms with Crippen LogP contribution in [0.15, 0.2) is 52.5 Å². The molecule has 0 radical (unpaired) electrons. The molecule has 2 aromatic rings. The van der Waals surface area contributed by atoms with Crippen LogP contribution in [0.25, 0.3) is 6.08 Å². The number of carbonyl (C=O) groups is 1. The summed E-state index contributed by atoms with van der Waals surface area (Å²) in [5, 5.41) is 21.1. The lowest BCUT2D eigenvalue weighted by molar-refractivity contribution is -0.112. The molecule has 0 aliphatic rings. The van der Waals surface area contributed by atoms with Crippen molar-refractivity contribution in [3.8, 4) is 11.8 Å². The molecule has 0 saturated heterocycles. The van der Waals surface area contributed by atoms with Crippen molar-refractivity contribution in [2.45, 2.75) is 0 Å². The van der Waals surface area contributed by atoms with E-state index >= 15 is 0 Å². The molecule has 2 N–H and O–H groups in total. The summed E-state index contributed by atoms with van der Waals surface area (Å²) in [7, 11) is 3.86. The maximum absolute atomic E-state index is 12.2. The van der Waals surface area contributed by atoms with Gasteiger partial charge in [0.2, 0.25) is 0 Å². The number of rotatable bonds is 4. The van der Waals surface area contributed by atoms with Crippen molar-refractivity contribution in [1.29, 1.82) is 5.26 Å². The van der Waals surface area contributed by atoms with Gasteiger partial charge in [0.05, 0.1) is 5.69 Å². The highest BCUT2D eigenvalue weighted by atomic mass is 79.9. The van der Waals surface area contributed by atoms with Gasteiger partial charge in [-0.05, 0) is 64.0 Å². The molecular formula is C18H16BrN3O2. The molecule has 24 heavy (non-hydrogen) atoms. The first-order chi connectivity index (χ1) is 11.4. The number of phenolic OH excluding ortho intramolecular Hbond substituents is 1. The summed E-state index contributed by atoms with van der Waals surface area (Å²) < 4.78 is 0.873. The van der Waals surface area contributed by atoms with E-state index in [0.29, 0.717) is 5.69 Å². The molecule has 0 aliphatic heterocycles. The topological polar surface area (TPSA) is 76.4 Å². The Morgan fingerprint density at radius 2 is 1.92 bits per heavy atom. The largest absolute Gasteiger partial charge is 0.508 e. The number of benzene rings is 2. The Bertz CT molecular complexity index is 821. The summed E-state index contributed by atoms with van der Waals surface area (Å²) >= 11 is 3.48. The zero-order valence-electron chi connectivity index (χ0n) is 13.2. The summed E-state index contributed by atoms with van der Waals surface area (Å²) in [5.74, 6) is -0.397. The smallest absolute Gasteiger partial charge is 0.266 e. The van der Waals surface area contributed by atoms with Gasteiger partial charge in [0.15, 0.2) is 0 Å². The first-order valence-electron chi connectivity index (χ1n) is 7.10. The minimum atomic E-state index is -0.504. The van der Waals surface area contributed by atoms with E-state index in [0.717, 1.165) is 15.7 Å². The van der Waals surface area contributed by atoms with Crippen LogP contribution in [-0.4, -0.2) is 25.1 Å². The van der Waals surface area contributed by atoms with Crippen LogP contribution in [0.3, 0.4) is 0 Å². The SMILES string of the molecule is CN(C)c1ccc(C=C(C#N)C(=O)Nc2ccc(O)cc2)cc1Br. The molecule has 5 nitrogen and oxygen atoms in total. The third kappa shape index (κ3) is 4.37. The quantitative estimate of drug-likeness (QED) is 0.477. The van der Waals surface area contributed by atoms with E-state index in [4.69, 9.17) is 0 Å². The van der Waals surface area contributed by atoms with Gasteiger partial charge in [-0.2, -0.15) is 5.26 Å². The van der Waals surface area contributed by atoms with Crippen molar-refractivity contribution >= 4 is 39.3 Å². The van der Waals surface area contributed by atoms with E-state index in [1.54, 1.807) is 12.1 Å². The number of phenols is 1. The Kier molecular flexibility index (Phi) is 5.61. The zero-order valence-corrected chi connectivity index (χ0v) is 14.8. The Morgan fingerprint density at radius 3 is 2.46 bits per heavy atom. The summed E-state index contributed by atoms with van der Waals surface area (Å²) in [6.07, 6.45) is 1.53. The van der Waals surface area contributed by atoms with Crippen LogP contribution in [0.5, 0.6) is 5.75 Å². The number of hydrogen-bond acceptors (Lipinski definition) is 4. The molecule has 0 saturated carbocycles.